The largest absolute Gasteiger partial charge is 0.506 e. The first-order valence-corrected chi connectivity index (χ1v) is 3.94. The first-order valence-electron chi connectivity index (χ1n) is 3.94. The molecule has 2 heterocycles. The zero-order valence-corrected chi connectivity index (χ0v) is 7.15. The van der Waals surface area contributed by atoms with Crippen LogP contribution >= 0.6 is 0 Å². The number of nitrogens with one attached hydrogen (secondary N) is 1. The molecule has 66 valence electrons. The fraction of sp³-hybridized carbons (Fsp3) is 0.111. The molecule has 0 saturated heterocycles. The van der Waals surface area contributed by atoms with Crippen molar-refractivity contribution in [3.05, 3.63) is 30.1 Å². The average Bonchev–Trinajstić information content (AvgIpc) is 2.53. The van der Waals surface area contributed by atoms with E-state index < -0.39 is 0 Å². The second-order valence-corrected chi connectivity index (χ2v) is 2.81. The van der Waals surface area contributed by atoms with Gasteiger partial charge >= 0.3 is 0 Å². The molecule has 2 aromatic heterocycles. The molecule has 0 aliphatic rings. The third-order valence-corrected chi connectivity index (χ3v) is 1.73. The van der Waals surface area contributed by atoms with Gasteiger partial charge in [-0.25, -0.2) is 0 Å². The summed E-state index contributed by atoms with van der Waals surface area (Å²) in [5.41, 5.74) is 2.11. The Bertz CT molecular complexity index is 422. The van der Waals surface area contributed by atoms with E-state index in [2.05, 4.69) is 15.2 Å². The Hall–Kier alpha value is -1.84. The van der Waals surface area contributed by atoms with Crippen LogP contribution in [-0.4, -0.2) is 20.3 Å². The van der Waals surface area contributed by atoms with Gasteiger partial charge in [-0.1, -0.05) is 0 Å². The van der Waals surface area contributed by atoms with E-state index in [1.807, 2.05) is 13.0 Å². The number of aryl methyl sites for hydroxylation is 1. The van der Waals surface area contributed by atoms with Gasteiger partial charge in [0.25, 0.3) is 0 Å². The van der Waals surface area contributed by atoms with E-state index in [0.29, 0.717) is 11.4 Å². The van der Waals surface area contributed by atoms with Crippen molar-refractivity contribution in [2.45, 2.75) is 6.92 Å². The molecule has 4 heteroatoms. The lowest BCUT2D eigenvalue weighted by molar-refractivity contribution is 0.475. The van der Waals surface area contributed by atoms with Crippen molar-refractivity contribution in [1.82, 2.24) is 15.2 Å². The molecule has 0 aromatic carbocycles. The number of aromatic amines is 1. The third-order valence-electron chi connectivity index (χ3n) is 1.73. The molecule has 0 atom stereocenters. The Kier molecular flexibility index (Phi) is 1.73. The van der Waals surface area contributed by atoms with Crippen molar-refractivity contribution in [3.63, 3.8) is 0 Å². The van der Waals surface area contributed by atoms with Crippen molar-refractivity contribution >= 4 is 0 Å². The molecule has 0 fully saturated rings. The van der Waals surface area contributed by atoms with E-state index in [0.717, 1.165) is 5.69 Å². The zero-order chi connectivity index (χ0) is 9.26. The molecule has 2 rings (SSSR count). The minimum Gasteiger partial charge on any atom is -0.506 e. The minimum atomic E-state index is 0.147. The van der Waals surface area contributed by atoms with Crippen molar-refractivity contribution in [2.75, 3.05) is 0 Å². The van der Waals surface area contributed by atoms with E-state index in [9.17, 15) is 5.11 Å². The molecule has 0 bridgehead atoms. The van der Waals surface area contributed by atoms with E-state index in [1.165, 1.54) is 0 Å². The summed E-state index contributed by atoms with van der Waals surface area (Å²) in [6.07, 6.45) is 1.62. The van der Waals surface area contributed by atoms with Gasteiger partial charge in [-0.3, -0.25) is 10.1 Å². The lowest BCUT2D eigenvalue weighted by Gasteiger charge is -1.96. The number of pyridine rings is 1. The summed E-state index contributed by atoms with van der Waals surface area (Å²) in [4.78, 5) is 4.03. The van der Waals surface area contributed by atoms with Crippen molar-refractivity contribution in [1.29, 1.82) is 0 Å². The van der Waals surface area contributed by atoms with E-state index in [-0.39, 0.29) is 5.75 Å². The van der Waals surface area contributed by atoms with Gasteiger partial charge in [0.05, 0.1) is 0 Å². The van der Waals surface area contributed by atoms with Crippen molar-refractivity contribution < 1.29 is 5.11 Å². The van der Waals surface area contributed by atoms with Crippen LogP contribution in [0.4, 0.5) is 0 Å². The van der Waals surface area contributed by atoms with Crippen LogP contribution in [0.25, 0.3) is 11.4 Å². The Morgan fingerprint density at radius 3 is 2.92 bits per heavy atom. The molecule has 0 spiro atoms. The highest BCUT2D eigenvalue weighted by atomic mass is 16.3. The first-order chi connectivity index (χ1) is 6.27. The van der Waals surface area contributed by atoms with Crippen LogP contribution in [0.3, 0.4) is 0 Å². The fourth-order valence-electron chi connectivity index (χ4n) is 1.13. The molecule has 0 aliphatic heterocycles. The number of hydrogen-bond donors (Lipinski definition) is 2. The molecular weight excluding hydrogens is 166 g/mol. The second kappa shape index (κ2) is 2.90. The van der Waals surface area contributed by atoms with Gasteiger partial charge in [0, 0.05) is 11.9 Å². The van der Waals surface area contributed by atoms with Crippen LogP contribution in [0.5, 0.6) is 5.75 Å². The Morgan fingerprint density at radius 1 is 1.46 bits per heavy atom. The normalized spacial score (nSPS) is 10.2. The molecule has 2 aromatic rings. The van der Waals surface area contributed by atoms with Crippen LogP contribution in [0.1, 0.15) is 5.69 Å². The highest BCUT2D eigenvalue weighted by molar-refractivity contribution is 5.61. The van der Waals surface area contributed by atoms with Gasteiger partial charge in [0.1, 0.15) is 17.1 Å². The molecule has 0 unspecified atom stereocenters. The summed E-state index contributed by atoms with van der Waals surface area (Å²) in [5.74, 6) is 0.147. The maximum atomic E-state index is 9.46. The van der Waals surface area contributed by atoms with Gasteiger partial charge in [0.15, 0.2) is 0 Å². The molecule has 4 nitrogen and oxygen atoms in total. The summed E-state index contributed by atoms with van der Waals surface area (Å²) < 4.78 is 0. The van der Waals surface area contributed by atoms with Gasteiger partial charge in [-0.15, -0.1) is 0 Å². The predicted octanol–water partition coefficient (Wildman–Crippen LogP) is 1.49. The predicted molar refractivity (Wildman–Crippen MR) is 48.2 cm³/mol. The lowest BCUT2D eigenvalue weighted by atomic mass is 10.2. The summed E-state index contributed by atoms with van der Waals surface area (Å²) in [5, 5.41) is 16.2. The Balaban J connectivity index is 2.52. The van der Waals surface area contributed by atoms with Crippen LogP contribution < -0.4 is 0 Å². The van der Waals surface area contributed by atoms with Gasteiger partial charge in [-0.2, -0.15) is 5.10 Å². The molecule has 0 radical (unpaired) electrons. The summed E-state index contributed by atoms with van der Waals surface area (Å²) >= 11 is 0. The average molecular weight is 175 g/mol. The van der Waals surface area contributed by atoms with E-state index >= 15 is 0 Å². The maximum Gasteiger partial charge on any atom is 0.143 e. The smallest absolute Gasteiger partial charge is 0.143 e. The number of H-pyrrole nitrogens is 1. The summed E-state index contributed by atoms with van der Waals surface area (Å²) in [7, 11) is 0. The molecule has 0 amide bonds. The Labute approximate surface area is 75.3 Å². The van der Waals surface area contributed by atoms with Crippen LogP contribution in [-0.2, 0) is 0 Å². The van der Waals surface area contributed by atoms with Gasteiger partial charge in [-0.05, 0) is 25.1 Å². The molecule has 0 aliphatic carbocycles. The maximum absolute atomic E-state index is 9.46. The highest BCUT2D eigenvalue weighted by Crippen LogP contribution is 2.24. The fourth-order valence-corrected chi connectivity index (χ4v) is 1.13. The van der Waals surface area contributed by atoms with Gasteiger partial charge in [0.2, 0.25) is 0 Å². The topological polar surface area (TPSA) is 61.8 Å². The van der Waals surface area contributed by atoms with Crippen LogP contribution in [0.2, 0.25) is 0 Å². The second-order valence-electron chi connectivity index (χ2n) is 2.81. The lowest BCUT2D eigenvalue weighted by Crippen LogP contribution is -1.83. The Morgan fingerprint density at radius 2 is 2.31 bits per heavy atom. The standard InChI is InChI=1S/C9H9N3O/c1-6-5-7(12-11-6)9-8(13)3-2-4-10-9/h2-5,13H,1H3,(H,11,12). The first kappa shape index (κ1) is 7.79. The number of hydrogen-bond acceptors (Lipinski definition) is 3. The number of aromatic nitrogens is 3. The zero-order valence-electron chi connectivity index (χ0n) is 7.15. The van der Waals surface area contributed by atoms with Crippen LogP contribution in [0, 0.1) is 6.92 Å². The highest BCUT2D eigenvalue weighted by Gasteiger charge is 2.07. The van der Waals surface area contributed by atoms with Gasteiger partial charge < -0.3 is 5.11 Å². The summed E-state index contributed by atoms with van der Waals surface area (Å²) in [6, 6.07) is 5.10. The third kappa shape index (κ3) is 1.38. The molecule has 13 heavy (non-hydrogen) atoms. The number of aromatic hydroxyl groups is 1. The quantitative estimate of drug-likeness (QED) is 0.690. The van der Waals surface area contributed by atoms with E-state index in [1.54, 1.807) is 18.3 Å². The van der Waals surface area contributed by atoms with Crippen molar-refractivity contribution in [3.8, 4) is 17.1 Å². The van der Waals surface area contributed by atoms with Crippen LogP contribution in [0.15, 0.2) is 24.4 Å². The molecule has 0 saturated carbocycles. The van der Waals surface area contributed by atoms with Crippen molar-refractivity contribution in [2.24, 2.45) is 0 Å². The molecular formula is C9H9N3O. The molecule has 2 N–H and O–H groups in total. The number of rotatable bonds is 1. The minimum absolute atomic E-state index is 0.147. The summed E-state index contributed by atoms with van der Waals surface area (Å²) in [6.45, 7) is 1.90. The van der Waals surface area contributed by atoms with E-state index in [4.69, 9.17) is 0 Å². The number of nitrogens with zero attached hydrogens (tertiary/aromatic N) is 2. The SMILES string of the molecule is Cc1cc(-c2ncccc2O)n[nH]1. The monoisotopic (exact) mass is 175 g/mol.